The van der Waals surface area contributed by atoms with Crippen molar-refractivity contribution in [2.45, 2.75) is 32.6 Å². The van der Waals surface area contributed by atoms with Crippen molar-refractivity contribution in [3.8, 4) is 0 Å². The molecule has 0 atom stereocenters. The average Bonchev–Trinajstić information content (AvgIpc) is 2.48. The van der Waals surface area contributed by atoms with Gasteiger partial charge in [0.05, 0.1) is 6.61 Å². The van der Waals surface area contributed by atoms with E-state index in [-0.39, 0.29) is 17.9 Å². The molecule has 4 nitrogen and oxygen atoms in total. The van der Waals surface area contributed by atoms with E-state index in [4.69, 9.17) is 5.11 Å². The lowest BCUT2D eigenvalue weighted by molar-refractivity contribution is -0.134. The molecule has 1 fully saturated rings. The molecule has 1 aliphatic rings. The molecule has 4 heteroatoms. The first-order chi connectivity index (χ1) is 10.4. The Morgan fingerprint density at radius 3 is 2.27 bits per heavy atom. The molecule has 0 spiro atoms. The number of aryl methyl sites for hydroxylation is 1. The molecule has 1 aromatic rings. The Balaban J connectivity index is 1.92. The van der Waals surface area contributed by atoms with Gasteiger partial charge >= 0.3 is 0 Å². The molecular weight excluding hydrogens is 276 g/mol. The molecule has 1 saturated heterocycles. The first kappa shape index (κ1) is 17.0. The highest BCUT2D eigenvalue weighted by atomic mass is 16.3. The summed E-state index contributed by atoms with van der Waals surface area (Å²) < 4.78 is 0. The number of hydrogen-bond donors (Lipinski definition) is 1. The molecule has 1 heterocycles. The fraction of sp³-hybridized carbons (Fsp3) is 0.611. The maximum absolute atomic E-state index is 12.6. The summed E-state index contributed by atoms with van der Waals surface area (Å²) in [5, 5.41) is 8.97. The standard InChI is InChI=1S/C18H28N2O2/c1-15-4-6-16(7-5-15)18(2,3)14-17(22)20-10-8-19(9-11-20)12-13-21/h4-7,21H,8-14H2,1-3H3. The summed E-state index contributed by atoms with van der Waals surface area (Å²) in [6, 6.07) is 8.47. The Hall–Kier alpha value is -1.39. The maximum atomic E-state index is 12.6. The molecule has 0 bridgehead atoms. The van der Waals surface area contributed by atoms with E-state index in [0.29, 0.717) is 13.0 Å². The normalized spacial score (nSPS) is 16.8. The number of carbonyl (C=O) groups excluding carboxylic acids is 1. The fourth-order valence-electron chi connectivity index (χ4n) is 2.96. The summed E-state index contributed by atoms with van der Waals surface area (Å²) in [6.45, 7) is 10.5. The zero-order valence-electron chi connectivity index (χ0n) is 14.0. The first-order valence-electron chi connectivity index (χ1n) is 8.10. The number of β-amino-alcohol motifs (C(OH)–C–C–N with tert-alkyl or cyclic N) is 1. The van der Waals surface area contributed by atoms with Crippen molar-refractivity contribution >= 4 is 5.91 Å². The van der Waals surface area contributed by atoms with Crippen LogP contribution >= 0.6 is 0 Å². The van der Waals surface area contributed by atoms with Gasteiger partial charge in [-0.05, 0) is 17.9 Å². The third-order valence-corrected chi connectivity index (χ3v) is 4.57. The van der Waals surface area contributed by atoms with Gasteiger partial charge in [0.15, 0.2) is 0 Å². The van der Waals surface area contributed by atoms with Gasteiger partial charge in [0.25, 0.3) is 0 Å². The number of rotatable bonds is 5. The van der Waals surface area contributed by atoms with E-state index in [0.717, 1.165) is 26.2 Å². The number of aliphatic hydroxyl groups is 1. The second kappa shape index (κ2) is 7.25. The van der Waals surface area contributed by atoms with Crippen LogP contribution in [0.1, 0.15) is 31.4 Å². The predicted octanol–water partition coefficient (Wildman–Crippen LogP) is 1.80. The third-order valence-electron chi connectivity index (χ3n) is 4.57. The van der Waals surface area contributed by atoms with Crippen LogP contribution in [0.3, 0.4) is 0 Å². The van der Waals surface area contributed by atoms with Crippen LogP contribution in [-0.2, 0) is 10.2 Å². The van der Waals surface area contributed by atoms with E-state index in [1.54, 1.807) is 0 Å². The number of aliphatic hydroxyl groups excluding tert-OH is 1. The Morgan fingerprint density at radius 2 is 1.73 bits per heavy atom. The van der Waals surface area contributed by atoms with Gasteiger partial charge in [0.2, 0.25) is 5.91 Å². The van der Waals surface area contributed by atoms with Crippen molar-refractivity contribution in [2.75, 3.05) is 39.3 Å². The maximum Gasteiger partial charge on any atom is 0.223 e. The van der Waals surface area contributed by atoms with Crippen LogP contribution in [0.2, 0.25) is 0 Å². The van der Waals surface area contributed by atoms with Gasteiger partial charge in [-0.3, -0.25) is 9.69 Å². The summed E-state index contributed by atoms with van der Waals surface area (Å²) in [7, 11) is 0. The van der Waals surface area contributed by atoms with Crippen molar-refractivity contribution in [1.82, 2.24) is 9.80 Å². The van der Waals surface area contributed by atoms with E-state index in [9.17, 15) is 4.79 Å². The molecule has 0 saturated carbocycles. The monoisotopic (exact) mass is 304 g/mol. The van der Waals surface area contributed by atoms with Gasteiger partial charge in [-0.1, -0.05) is 43.7 Å². The summed E-state index contributed by atoms with van der Waals surface area (Å²) >= 11 is 0. The predicted molar refractivity (Wildman–Crippen MR) is 88.9 cm³/mol. The molecule has 1 amide bonds. The molecule has 122 valence electrons. The highest BCUT2D eigenvalue weighted by Gasteiger charge is 2.28. The van der Waals surface area contributed by atoms with E-state index in [1.165, 1.54) is 11.1 Å². The van der Waals surface area contributed by atoms with Gasteiger partial charge in [-0.25, -0.2) is 0 Å². The molecular formula is C18H28N2O2. The van der Waals surface area contributed by atoms with E-state index >= 15 is 0 Å². The van der Waals surface area contributed by atoms with Crippen LogP contribution in [0.15, 0.2) is 24.3 Å². The molecule has 22 heavy (non-hydrogen) atoms. The lowest BCUT2D eigenvalue weighted by Crippen LogP contribution is -2.50. The van der Waals surface area contributed by atoms with Crippen molar-refractivity contribution < 1.29 is 9.90 Å². The van der Waals surface area contributed by atoms with Gasteiger partial charge < -0.3 is 10.0 Å². The average molecular weight is 304 g/mol. The molecule has 0 unspecified atom stereocenters. The molecule has 0 radical (unpaired) electrons. The van der Waals surface area contributed by atoms with E-state index < -0.39 is 0 Å². The van der Waals surface area contributed by atoms with E-state index in [1.807, 2.05) is 4.90 Å². The smallest absolute Gasteiger partial charge is 0.223 e. The molecule has 1 aliphatic heterocycles. The second-order valence-corrected chi connectivity index (χ2v) is 6.87. The van der Waals surface area contributed by atoms with Crippen molar-refractivity contribution in [3.05, 3.63) is 35.4 Å². The number of amides is 1. The van der Waals surface area contributed by atoms with E-state index in [2.05, 4.69) is 49.9 Å². The van der Waals surface area contributed by atoms with Crippen molar-refractivity contribution in [3.63, 3.8) is 0 Å². The molecule has 2 rings (SSSR count). The number of benzene rings is 1. The number of carbonyl (C=O) groups is 1. The number of nitrogens with zero attached hydrogens (tertiary/aromatic N) is 2. The number of piperazine rings is 1. The van der Waals surface area contributed by atoms with Crippen LogP contribution in [0.5, 0.6) is 0 Å². The third kappa shape index (κ3) is 4.31. The SMILES string of the molecule is Cc1ccc(C(C)(C)CC(=O)N2CCN(CCO)CC2)cc1. The minimum absolute atomic E-state index is 0.146. The quantitative estimate of drug-likeness (QED) is 0.902. The number of hydrogen-bond acceptors (Lipinski definition) is 3. The summed E-state index contributed by atoms with van der Waals surface area (Å²) in [5.74, 6) is 0.231. The van der Waals surface area contributed by atoms with Gasteiger partial charge in [0.1, 0.15) is 0 Å². The van der Waals surface area contributed by atoms with Gasteiger partial charge in [-0.15, -0.1) is 0 Å². The highest BCUT2D eigenvalue weighted by Crippen LogP contribution is 2.28. The van der Waals surface area contributed by atoms with Crippen molar-refractivity contribution in [2.24, 2.45) is 0 Å². The van der Waals surface area contributed by atoms with Crippen LogP contribution in [0, 0.1) is 6.92 Å². The van der Waals surface area contributed by atoms with Crippen LogP contribution < -0.4 is 0 Å². The minimum Gasteiger partial charge on any atom is -0.395 e. The summed E-state index contributed by atoms with van der Waals surface area (Å²) in [6.07, 6.45) is 0.538. The fourth-order valence-corrected chi connectivity index (χ4v) is 2.96. The second-order valence-electron chi connectivity index (χ2n) is 6.87. The highest BCUT2D eigenvalue weighted by molar-refractivity contribution is 5.78. The summed E-state index contributed by atoms with van der Waals surface area (Å²) in [5.41, 5.74) is 2.31. The van der Waals surface area contributed by atoms with Crippen LogP contribution in [0.4, 0.5) is 0 Å². The summed E-state index contributed by atoms with van der Waals surface area (Å²) in [4.78, 5) is 16.7. The molecule has 1 aromatic carbocycles. The van der Waals surface area contributed by atoms with Crippen molar-refractivity contribution in [1.29, 1.82) is 0 Å². The topological polar surface area (TPSA) is 43.8 Å². The van der Waals surface area contributed by atoms with Crippen LogP contribution in [0.25, 0.3) is 0 Å². The van der Waals surface area contributed by atoms with Gasteiger partial charge in [0, 0.05) is 39.1 Å². The minimum atomic E-state index is -0.146. The Morgan fingerprint density at radius 1 is 1.14 bits per heavy atom. The molecule has 1 N–H and O–H groups in total. The Bertz CT molecular complexity index is 488. The Labute approximate surface area is 133 Å². The lowest BCUT2D eigenvalue weighted by Gasteiger charge is -2.36. The largest absolute Gasteiger partial charge is 0.395 e. The zero-order chi connectivity index (χ0) is 16.2. The van der Waals surface area contributed by atoms with Gasteiger partial charge in [-0.2, -0.15) is 0 Å². The Kier molecular flexibility index (Phi) is 5.59. The molecule has 0 aromatic heterocycles. The molecule has 0 aliphatic carbocycles. The lowest BCUT2D eigenvalue weighted by atomic mass is 9.81. The zero-order valence-corrected chi connectivity index (χ0v) is 14.0. The van der Waals surface area contributed by atoms with Crippen LogP contribution in [-0.4, -0.2) is 60.1 Å². The first-order valence-corrected chi connectivity index (χ1v) is 8.10.